The van der Waals surface area contributed by atoms with E-state index in [0.29, 0.717) is 53.3 Å². The van der Waals surface area contributed by atoms with E-state index in [4.69, 9.17) is 4.99 Å². The monoisotopic (exact) mass is 649 g/mol. The molecule has 3 N–H and O–H groups in total. The van der Waals surface area contributed by atoms with E-state index in [2.05, 4.69) is 39.4 Å². The maximum atomic E-state index is 13.7. The molecule has 12 heteroatoms. The first-order chi connectivity index (χ1) is 22.9. The van der Waals surface area contributed by atoms with Crippen LogP contribution >= 0.6 is 0 Å². The van der Waals surface area contributed by atoms with Gasteiger partial charge in [0.05, 0.1) is 17.9 Å². The van der Waals surface area contributed by atoms with Gasteiger partial charge in [-0.15, -0.1) is 0 Å². The van der Waals surface area contributed by atoms with Gasteiger partial charge in [0, 0.05) is 66.0 Å². The number of benzene rings is 2. The van der Waals surface area contributed by atoms with Gasteiger partial charge in [-0.3, -0.25) is 24.6 Å². The molecule has 48 heavy (non-hydrogen) atoms. The second kappa shape index (κ2) is 13.2. The van der Waals surface area contributed by atoms with Crippen LogP contribution in [-0.4, -0.2) is 58.6 Å². The minimum atomic E-state index is -1.07. The Hall–Kier alpha value is -5.10. The van der Waals surface area contributed by atoms with E-state index in [1.807, 2.05) is 57.2 Å². The fourth-order valence-electron chi connectivity index (χ4n) is 6.26. The highest BCUT2D eigenvalue weighted by Crippen LogP contribution is 2.35. The molecule has 6 rings (SSSR count). The van der Waals surface area contributed by atoms with Crippen molar-refractivity contribution in [2.24, 2.45) is 15.9 Å². The van der Waals surface area contributed by atoms with Gasteiger partial charge in [0.15, 0.2) is 6.23 Å². The highest BCUT2D eigenvalue weighted by molar-refractivity contribution is 6.12. The number of aromatic nitrogens is 2. The standard InChI is InChI=1S/C36H43N9O3/c1-20(2)14-29-34(47)43(6)31-15-24(10-13-28(31)23(5)39-29)33(46)40-26-11-8-21(3)30(16-26)45-19-25-17-38-35(42-32(25)44(7)36(45)48)41-27-12-9-22(4)37-18-27/h8,10-11,13,15-18,20,29,33,40,46H,9,12,14,19H2,1-7H3,(H,38,41,42)/t29-,33?/m0/s1. The highest BCUT2D eigenvalue weighted by Gasteiger charge is 2.32. The Bertz CT molecular complexity index is 1870. The van der Waals surface area contributed by atoms with Crippen molar-refractivity contribution in [2.45, 2.75) is 72.7 Å². The first-order valence-electron chi connectivity index (χ1n) is 16.3. The summed E-state index contributed by atoms with van der Waals surface area (Å²) in [4.78, 5) is 50.2. The summed E-state index contributed by atoms with van der Waals surface area (Å²) in [7, 11) is 3.46. The van der Waals surface area contributed by atoms with Gasteiger partial charge in [0.1, 0.15) is 11.9 Å². The SMILES string of the molecule is CC1=NC=C(Nc2ncc3c(n2)N(C)C(=O)N(c2cc(NC(O)c4ccc5c(c4)N(C)C(=O)[C@H](CC(C)C)N=C5C)ccc2C)C3)CC1. The molecule has 0 saturated heterocycles. The number of allylic oxidation sites excluding steroid dienone is 1. The summed E-state index contributed by atoms with van der Waals surface area (Å²) in [5.74, 6) is 1.24. The van der Waals surface area contributed by atoms with E-state index in [9.17, 15) is 14.7 Å². The predicted octanol–water partition coefficient (Wildman–Crippen LogP) is 6.17. The summed E-state index contributed by atoms with van der Waals surface area (Å²) in [6.45, 7) is 10.3. The average molecular weight is 650 g/mol. The Balaban J connectivity index is 1.21. The summed E-state index contributed by atoms with van der Waals surface area (Å²) < 4.78 is 0. The number of carbonyl (C=O) groups is 2. The number of nitrogens with one attached hydrogen (secondary N) is 2. The highest BCUT2D eigenvalue weighted by atomic mass is 16.3. The second-order valence-corrected chi connectivity index (χ2v) is 13.2. The number of aliphatic imine (C=N–C) groups is 2. The van der Waals surface area contributed by atoms with Gasteiger partial charge in [0.25, 0.3) is 5.91 Å². The Morgan fingerprint density at radius 1 is 1.00 bits per heavy atom. The smallest absolute Gasteiger partial charge is 0.330 e. The molecule has 2 aromatic carbocycles. The average Bonchev–Trinajstić information content (AvgIpc) is 3.14. The third kappa shape index (κ3) is 6.52. The molecule has 2 atom stereocenters. The fraction of sp³-hybridized carbons (Fsp3) is 0.389. The zero-order valence-corrected chi connectivity index (χ0v) is 28.6. The topological polar surface area (TPSA) is 139 Å². The van der Waals surface area contributed by atoms with Crippen molar-refractivity contribution in [3.63, 3.8) is 0 Å². The number of aryl methyl sites for hydroxylation is 1. The lowest BCUT2D eigenvalue weighted by Crippen LogP contribution is -2.46. The van der Waals surface area contributed by atoms with E-state index in [-0.39, 0.29) is 11.9 Å². The van der Waals surface area contributed by atoms with Gasteiger partial charge < -0.3 is 20.6 Å². The minimum Gasteiger partial charge on any atom is -0.369 e. The fourth-order valence-corrected chi connectivity index (χ4v) is 6.26. The van der Waals surface area contributed by atoms with E-state index in [1.165, 1.54) is 4.90 Å². The molecule has 0 spiro atoms. The molecule has 3 aliphatic heterocycles. The van der Waals surface area contributed by atoms with Crippen LogP contribution in [0.1, 0.15) is 75.4 Å². The maximum absolute atomic E-state index is 13.7. The van der Waals surface area contributed by atoms with Crippen LogP contribution < -0.4 is 25.3 Å². The molecule has 3 amide bonds. The molecule has 0 fully saturated rings. The molecular weight excluding hydrogens is 606 g/mol. The molecule has 0 aliphatic carbocycles. The van der Waals surface area contributed by atoms with Gasteiger partial charge in [-0.05, 0) is 69.7 Å². The number of benzodiazepines with no additional fused rings is 1. The Morgan fingerprint density at radius 2 is 1.79 bits per heavy atom. The van der Waals surface area contributed by atoms with Gasteiger partial charge in [-0.25, -0.2) is 9.78 Å². The molecular formula is C36H43N9O3. The lowest BCUT2D eigenvalue weighted by Gasteiger charge is -2.35. The number of hydrogen-bond donors (Lipinski definition) is 3. The van der Waals surface area contributed by atoms with E-state index in [1.54, 1.807) is 36.3 Å². The number of aliphatic hydroxyl groups excluding tert-OH is 1. The van der Waals surface area contributed by atoms with Gasteiger partial charge in [0.2, 0.25) is 5.95 Å². The number of carbonyl (C=O) groups excluding carboxylic acids is 2. The van der Waals surface area contributed by atoms with E-state index >= 15 is 0 Å². The van der Waals surface area contributed by atoms with Gasteiger partial charge >= 0.3 is 6.03 Å². The summed E-state index contributed by atoms with van der Waals surface area (Å²) in [6.07, 6.45) is 4.84. The molecule has 0 bridgehead atoms. The number of urea groups is 1. The number of anilines is 5. The summed E-state index contributed by atoms with van der Waals surface area (Å²) in [6, 6.07) is 10.6. The van der Waals surface area contributed by atoms with Gasteiger partial charge in [-0.1, -0.05) is 32.0 Å². The van der Waals surface area contributed by atoms with Crippen molar-refractivity contribution in [1.29, 1.82) is 0 Å². The van der Waals surface area contributed by atoms with Crippen molar-refractivity contribution < 1.29 is 14.7 Å². The van der Waals surface area contributed by atoms with Gasteiger partial charge in [-0.2, -0.15) is 4.98 Å². The molecule has 12 nitrogen and oxygen atoms in total. The number of hydrogen-bond acceptors (Lipinski definition) is 9. The molecule has 1 aromatic heterocycles. The van der Waals surface area contributed by atoms with Crippen LogP contribution in [0.4, 0.5) is 33.6 Å². The molecule has 3 aliphatic rings. The molecule has 0 radical (unpaired) electrons. The van der Waals surface area contributed by atoms with Crippen LogP contribution in [0.5, 0.6) is 0 Å². The largest absolute Gasteiger partial charge is 0.369 e. The number of amides is 3. The lowest BCUT2D eigenvalue weighted by atomic mass is 10.0. The Labute approximate surface area is 281 Å². The molecule has 250 valence electrons. The van der Waals surface area contributed by atoms with Crippen molar-refractivity contribution in [3.8, 4) is 0 Å². The number of fused-ring (bicyclic) bond motifs is 2. The van der Waals surface area contributed by atoms with Crippen LogP contribution in [-0.2, 0) is 11.3 Å². The number of rotatable bonds is 8. The number of likely N-dealkylation sites (N-methyl/N-ethyl adjacent to an activating group) is 1. The second-order valence-electron chi connectivity index (χ2n) is 13.2. The van der Waals surface area contributed by atoms with Crippen molar-refractivity contribution >= 4 is 52.2 Å². The van der Waals surface area contributed by atoms with Crippen LogP contribution in [0.25, 0.3) is 0 Å². The zero-order chi connectivity index (χ0) is 34.3. The Morgan fingerprint density at radius 3 is 2.52 bits per heavy atom. The van der Waals surface area contributed by atoms with E-state index < -0.39 is 12.3 Å². The van der Waals surface area contributed by atoms with Crippen LogP contribution in [0, 0.1) is 12.8 Å². The van der Waals surface area contributed by atoms with Crippen molar-refractivity contribution in [1.82, 2.24) is 9.97 Å². The quantitative estimate of drug-likeness (QED) is 0.248. The molecule has 0 saturated carbocycles. The predicted molar refractivity (Wildman–Crippen MR) is 191 cm³/mol. The minimum absolute atomic E-state index is 0.0633. The summed E-state index contributed by atoms with van der Waals surface area (Å²) in [5, 5.41) is 17.7. The zero-order valence-electron chi connectivity index (χ0n) is 28.6. The van der Waals surface area contributed by atoms with Crippen LogP contribution in [0.3, 0.4) is 0 Å². The first-order valence-corrected chi connectivity index (χ1v) is 16.3. The number of nitrogens with zero attached hydrogens (tertiary/aromatic N) is 7. The summed E-state index contributed by atoms with van der Waals surface area (Å²) in [5.41, 5.74) is 8.02. The first kappa shape index (κ1) is 32.8. The molecule has 4 heterocycles. The molecule has 1 unspecified atom stereocenters. The van der Waals surface area contributed by atoms with Crippen LogP contribution in [0.2, 0.25) is 0 Å². The normalized spacial score (nSPS) is 18.5. The van der Waals surface area contributed by atoms with Crippen molar-refractivity contribution in [2.75, 3.05) is 39.4 Å². The molecule has 3 aromatic rings. The van der Waals surface area contributed by atoms with E-state index in [0.717, 1.165) is 46.7 Å². The number of aliphatic hydroxyl groups is 1. The summed E-state index contributed by atoms with van der Waals surface area (Å²) >= 11 is 0. The lowest BCUT2D eigenvalue weighted by molar-refractivity contribution is -0.119. The Kier molecular flexibility index (Phi) is 9.02. The maximum Gasteiger partial charge on any atom is 0.330 e. The van der Waals surface area contributed by atoms with Crippen LogP contribution in [0.15, 0.2) is 64.5 Å². The third-order valence-corrected chi connectivity index (χ3v) is 9.03. The van der Waals surface area contributed by atoms with Crippen molar-refractivity contribution in [3.05, 3.63) is 76.7 Å². The third-order valence-electron chi connectivity index (χ3n) is 9.03.